The van der Waals surface area contributed by atoms with Gasteiger partial charge in [0, 0.05) is 0 Å². The fourth-order valence-electron chi connectivity index (χ4n) is 4.40. The van der Waals surface area contributed by atoms with E-state index >= 15 is 0 Å². The number of benzene rings is 5. The van der Waals surface area contributed by atoms with Crippen molar-refractivity contribution in [2.75, 3.05) is 0 Å². The first-order valence-electron chi connectivity index (χ1n) is 12.1. The fraction of sp³-hybridized carbons (Fsp3) is 0. The van der Waals surface area contributed by atoms with Crippen LogP contribution in [0.4, 0.5) is 0 Å². The van der Waals surface area contributed by atoms with Gasteiger partial charge in [-0.05, 0) is 99.1 Å². The van der Waals surface area contributed by atoms with Crippen LogP contribution < -0.4 is 0 Å². The van der Waals surface area contributed by atoms with E-state index in [1.54, 1.807) is 72.8 Å². The summed E-state index contributed by atoms with van der Waals surface area (Å²) in [6.45, 7) is 0. The van der Waals surface area contributed by atoms with Crippen LogP contribution in [-0.2, 0) is 0 Å². The van der Waals surface area contributed by atoms with Crippen molar-refractivity contribution < 1.29 is 29.7 Å². The second-order valence-corrected chi connectivity index (χ2v) is 9.02. The summed E-state index contributed by atoms with van der Waals surface area (Å²) in [6, 6.07) is 34.0. The maximum absolute atomic E-state index is 11.3. The molecule has 0 spiro atoms. The zero-order chi connectivity index (χ0) is 27.5. The number of hydrogen-bond donors (Lipinski definition) is 3. The maximum atomic E-state index is 11.3. The number of carboxylic acids is 3. The molecule has 0 aliphatic rings. The molecule has 0 atom stereocenters. The van der Waals surface area contributed by atoms with Gasteiger partial charge >= 0.3 is 17.9 Å². The van der Waals surface area contributed by atoms with Crippen LogP contribution in [0, 0.1) is 0 Å². The van der Waals surface area contributed by atoms with Crippen molar-refractivity contribution in [3.63, 3.8) is 0 Å². The Labute approximate surface area is 224 Å². The van der Waals surface area contributed by atoms with Crippen LogP contribution in [0.1, 0.15) is 31.1 Å². The minimum Gasteiger partial charge on any atom is -0.478 e. The van der Waals surface area contributed by atoms with Gasteiger partial charge in [-0.2, -0.15) is 0 Å². The van der Waals surface area contributed by atoms with Crippen molar-refractivity contribution in [3.05, 3.63) is 132 Å². The maximum Gasteiger partial charge on any atom is 0.335 e. The average molecular weight is 515 g/mol. The molecule has 0 aliphatic heterocycles. The third-order valence-corrected chi connectivity index (χ3v) is 6.55. The van der Waals surface area contributed by atoms with E-state index in [2.05, 4.69) is 0 Å². The summed E-state index contributed by atoms with van der Waals surface area (Å²) in [4.78, 5) is 33.8. The first kappa shape index (κ1) is 25.2. The van der Waals surface area contributed by atoms with E-state index in [-0.39, 0.29) is 16.7 Å². The normalized spacial score (nSPS) is 10.7. The molecule has 0 fully saturated rings. The van der Waals surface area contributed by atoms with Gasteiger partial charge in [0.25, 0.3) is 0 Å². The highest BCUT2D eigenvalue weighted by Gasteiger charge is 2.11. The quantitative estimate of drug-likeness (QED) is 0.208. The van der Waals surface area contributed by atoms with Gasteiger partial charge in [-0.15, -0.1) is 0 Å². The molecule has 0 aliphatic carbocycles. The van der Waals surface area contributed by atoms with Crippen LogP contribution >= 0.6 is 0 Å². The molecule has 0 aromatic heterocycles. The zero-order valence-corrected chi connectivity index (χ0v) is 20.5. The lowest BCUT2D eigenvalue weighted by atomic mass is 9.92. The van der Waals surface area contributed by atoms with Crippen LogP contribution in [0.3, 0.4) is 0 Å². The molecule has 190 valence electrons. The van der Waals surface area contributed by atoms with E-state index in [0.717, 1.165) is 44.5 Å². The standard InChI is InChI=1S/C33H22O6/c34-31(35)25-11-5-21(6-12-25)20-1-3-22(4-2-20)28-17-29(23-7-13-26(14-8-23)32(36)37)19-30(18-28)24-9-15-27(16-10-24)33(38)39/h1-19H,(H,34,35)(H,36,37)(H,38,39). The second-order valence-electron chi connectivity index (χ2n) is 9.02. The third-order valence-electron chi connectivity index (χ3n) is 6.55. The van der Waals surface area contributed by atoms with Crippen molar-refractivity contribution in [1.82, 2.24) is 0 Å². The monoisotopic (exact) mass is 514 g/mol. The lowest BCUT2D eigenvalue weighted by Crippen LogP contribution is -1.96. The second kappa shape index (κ2) is 10.5. The summed E-state index contributed by atoms with van der Waals surface area (Å²) in [6.07, 6.45) is 0. The first-order valence-corrected chi connectivity index (χ1v) is 12.1. The summed E-state index contributed by atoms with van der Waals surface area (Å²) in [5.74, 6) is -2.96. The molecule has 0 saturated heterocycles. The van der Waals surface area contributed by atoms with E-state index < -0.39 is 17.9 Å². The van der Waals surface area contributed by atoms with Crippen molar-refractivity contribution in [2.24, 2.45) is 0 Å². The van der Waals surface area contributed by atoms with E-state index in [4.69, 9.17) is 5.11 Å². The molecule has 0 radical (unpaired) electrons. The van der Waals surface area contributed by atoms with Crippen molar-refractivity contribution in [2.45, 2.75) is 0 Å². The third kappa shape index (κ3) is 5.45. The Bertz CT molecular complexity index is 1610. The summed E-state index contributed by atoms with van der Waals surface area (Å²) < 4.78 is 0. The molecule has 0 saturated carbocycles. The predicted octanol–water partition coefficient (Wildman–Crippen LogP) is 7.45. The summed E-state index contributed by atoms with van der Waals surface area (Å²) in [5, 5.41) is 27.7. The smallest absolute Gasteiger partial charge is 0.335 e. The molecule has 6 nitrogen and oxygen atoms in total. The summed E-state index contributed by atoms with van der Waals surface area (Å²) in [5.41, 5.74) is 7.82. The van der Waals surface area contributed by atoms with Gasteiger partial charge in [0.1, 0.15) is 0 Å². The van der Waals surface area contributed by atoms with Gasteiger partial charge in [0.15, 0.2) is 0 Å². The Morgan fingerprint density at radius 3 is 0.692 bits per heavy atom. The zero-order valence-electron chi connectivity index (χ0n) is 20.5. The summed E-state index contributed by atoms with van der Waals surface area (Å²) >= 11 is 0. The molecular formula is C33H22O6. The minimum atomic E-state index is -0.993. The predicted molar refractivity (Wildman–Crippen MR) is 149 cm³/mol. The SMILES string of the molecule is O=C(O)c1ccc(-c2ccc(-c3cc(-c4ccc(C(=O)O)cc4)cc(-c4ccc(C(=O)O)cc4)c3)cc2)cc1. The molecule has 5 aromatic carbocycles. The minimum absolute atomic E-state index is 0.200. The Morgan fingerprint density at radius 2 is 0.487 bits per heavy atom. The van der Waals surface area contributed by atoms with E-state index in [1.165, 1.54) is 0 Å². The van der Waals surface area contributed by atoms with E-state index in [0.29, 0.717) is 0 Å². The first-order chi connectivity index (χ1) is 18.8. The molecule has 0 amide bonds. The molecule has 0 bridgehead atoms. The highest BCUT2D eigenvalue weighted by atomic mass is 16.4. The lowest BCUT2D eigenvalue weighted by Gasteiger charge is -2.12. The highest BCUT2D eigenvalue weighted by Crippen LogP contribution is 2.34. The number of hydrogen-bond acceptors (Lipinski definition) is 3. The fourth-order valence-corrected chi connectivity index (χ4v) is 4.40. The van der Waals surface area contributed by atoms with Crippen molar-refractivity contribution in [3.8, 4) is 44.5 Å². The van der Waals surface area contributed by atoms with Crippen LogP contribution in [0.5, 0.6) is 0 Å². The topological polar surface area (TPSA) is 112 Å². The van der Waals surface area contributed by atoms with Gasteiger partial charge in [0.05, 0.1) is 16.7 Å². The van der Waals surface area contributed by atoms with Gasteiger partial charge in [0.2, 0.25) is 0 Å². The van der Waals surface area contributed by atoms with Crippen LogP contribution in [0.15, 0.2) is 115 Å². The molecule has 0 heterocycles. The summed E-state index contributed by atoms with van der Waals surface area (Å²) in [7, 11) is 0. The number of rotatable bonds is 7. The Morgan fingerprint density at radius 1 is 0.308 bits per heavy atom. The number of carboxylic acid groups (broad SMARTS) is 3. The average Bonchev–Trinajstić information content (AvgIpc) is 2.97. The lowest BCUT2D eigenvalue weighted by molar-refractivity contribution is 0.0686. The van der Waals surface area contributed by atoms with E-state index in [1.807, 2.05) is 42.5 Å². The largest absolute Gasteiger partial charge is 0.478 e. The van der Waals surface area contributed by atoms with Gasteiger partial charge in [-0.25, -0.2) is 14.4 Å². The number of aromatic carboxylic acids is 3. The van der Waals surface area contributed by atoms with Crippen LogP contribution in [0.25, 0.3) is 44.5 Å². The van der Waals surface area contributed by atoms with Crippen LogP contribution in [-0.4, -0.2) is 33.2 Å². The van der Waals surface area contributed by atoms with E-state index in [9.17, 15) is 24.6 Å². The molecule has 3 N–H and O–H groups in total. The molecule has 5 rings (SSSR count). The van der Waals surface area contributed by atoms with Gasteiger partial charge < -0.3 is 15.3 Å². The van der Waals surface area contributed by atoms with Crippen LogP contribution in [0.2, 0.25) is 0 Å². The van der Waals surface area contributed by atoms with Crippen molar-refractivity contribution in [1.29, 1.82) is 0 Å². The molecule has 0 unspecified atom stereocenters. The molecular weight excluding hydrogens is 492 g/mol. The molecule has 6 heteroatoms. The number of carbonyl (C=O) groups is 3. The Kier molecular flexibility index (Phi) is 6.76. The van der Waals surface area contributed by atoms with Gasteiger partial charge in [-0.3, -0.25) is 0 Å². The highest BCUT2D eigenvalue weighted by molar-refractivity contribution is 5.90. The Balaban J connectivity index is 1.56. The molecule has 5 aromatic rings. The van der Waals surface area contributed by atoms with Crippen molar-refractivity contribution >= 4 is 17.9 Å². The van der Waals surface area contributed by atoms with Gasteiger partial charge in [-0.1, -0.05) is 60.7 Å². The molecule has 39 heavy (non-hydrogen) atoms. The Hall–Kier alpha value is -5.49.